The molecule has 2 aliphatic rings. The van der Waals surface area contributed by atoms with Gasteiger partial charge in [0.25, 0.3) is 0 Å². The van der Waals surface area contributed by atoms with Crippen molar-refractivity contribution in [2.75, 3.05) is 20.1 Å². The van der Waals surface area contributed by atoms with Crippen LogP contribution in [0.5, 0.6) is 0 Å². The molecule has 0 aliphatic heterocycles. The molecule has 0 heterocycles. The van der Waals surface area contributed by atoms with Crippen LogP contribution in [0.4, 0.5) is 0 Å². The van der Waals surface area contributed by atoms with Gasteiger partial charge in [-0.25, -0.2) is 0 Å². The van der Waals surface area contributed by atoms with Crippen LogP contribution in [-0.2, 0) is 0 Å². The van der Waals surface area contributed by atoms with Gasteiger partial charge in [-0.1, -0.05) is 46.5 Å². The van der Waals surface area contributed by atoms with Crippen LogP contribution in [0.1, 0.15) is 72.1 Å². The summed E-state index contributed by atoms with van der Waals surface area (Å²) in [6.07, 6.45) is 11.5. The maximum absolute atomic E-state index is 3.75. The molecule has 1 N–H and O–H groups in total. The molecule has 2 aliphatic carbocycles. The van der Waals surface area contributed by atoms with E-state index in [0.29, 0.717) is 11.5 Å². The molecule has 0 aromatic rings. The summed E-state index contributed by atoms with van der Waals surface area (Å²) in [4.78, 5) is 2.70. The second-order valence-electron chi connectivity index (χ2n) is 8.09. The van der Waals surface area contributed by atoms with Gasteiger partial charge in [-0.3, -0.25) is 0 Å². The molecule has 20 heavy (non-hydrogen) atoms. The van der Waals surface area contributed by atoms with Gasteiger partial charge in [0.05, 0.1) is 0 Å². The van der Waals surface area contributed by atoms with Crippen molar-refractivity contribution in [3.05, 3.63) is 0 Å². The number of hydrogen-bond acceptors (Lipinski definition) is 2. The van der Waals surface area contributed by atoms with Crippen LogP contribution in [0.25, 0.3) is 0 Å². The topological polar surface area (TPSA) is 15.3 Å². The third kappa shape index (κ3) is 4.46. The molecule has 0 radical (unpaired) electrons. The summed E-state index contributed by atoms with van der Waals surface area (Å²) in [6, 6.07) is 1.48. The zero-order valence-electron chi connectivity index (χ0n) is 14.3. The molecule has 2 unspecified atom stereocenters. The largest absolute Gasteiger partial charge is 0.314 e. The lowest BCUT2D eigenvalue weighted by Gasteiger charge is -2.44. The van der Waals surface area contributed by atoms with E-state index in [4.69, 9.17) is 0 Å². The fraction of sp³-hybridized carbons (Fsp3) is 1.00. The minimum Gasteiger partial charge on any atom is -0.314 e. The van der Waals surface area contributed by atoms with Gasteiger partial charge in [0, 0.05) is 25.2 Å². The van der Waals surface area contributed by atoms with Crippen molar-refractivity contribution in [2.45, 2.75) is 84.2 Å². The number of rotatable bonds is 6. The van der Waals surface area contributed by atoms with Crippen molar-refractivity contribution >= 4 is 0 Å². The van der Waals surface area contributed by atoms with E-state index in [-0.39, 0.29) is 0 Å². The van der Waals surface area contributed by atoms with Crippen molar-refractivity contribution in [2.24, 2.45) is 11.3 Å². The van der Waals surface area contributed by atoms with Gasteiger partial charge in [-0.15, -0.1) is 0 Å². The van der Waals surface area contributed by atoms with E-state index < -0.39 is 0 Å². The second-order valence-corrected chi connectivity index (χ2v) is 8.09. The number of nitrogens with one attached hydrogen (secondary N) is 1. The molecule has 2 atom stereocenters. The van der Waals surface area contributed by atoms with Crippen LogP contribution in [-0.4, -0.2) is 37.1 Å². The van der Waals surface area contributed by atoms with Crippen molar-refractivity contribution in [1.82, 2.24) is 10.2 Å². The zero-order chi connectivity index (χ0) is 14.6. The van der Waals surface area contributed by atoms with Gasteiger partial charge < -0.3 is 10.2 Å². The smallest absolute Gasteiger partial charge is 0.00924 e. The highest BCUT2D eigenvalue weighted by Crippen LogP contribution is 2.40. The van der Waals surface area contributed by atoms with E-state index in [1.54, 1.807) is 0 Å². The third-order valence-electron chi connectivity index (χ3n) is 5.60. The molecular formula is C18H36N2. The molecule has 0 saturated heterocycles. The number of nitrogens with zero attached hydrogens (tertiary/aromatic N) is 1. The van der Waals surface area contributed by atoms with E-state index in [9.17, 15) is 0 Å². The van der Waals surface area contributed by atoms with Crippen LogP contribution in [0.2, 0.25) is 0 Å². The van der Waals surface area contributed by atoms with Crippen LogP contribution < -0.4 is 5.32 Å². The van der Waals surface area contributed by atoms with E-state index in [0.717, 1.165) is 12.0 Å². The van der Waals surface area contributed by atoms with Gasteiger partial charge in [-0.2, -0.15) is 0 Å². The van der Waals surface area contributed by atoms with Gasteiger partial charge in [0.15, 0.2) is 0 Å². The SMILES string of the molecule is CC1CCCC(CNC(C)C)(CN(C)C2CCCC2)C1. The Labute approximate surface area is 126 Å². The Morgan fingerprint density at radius 2 is 1.85 bits per heavy atom. The summed E-state index contributed by atoms with van der Waals surface area (Å²) in [6.45, 7) is 9.54. The average Bonchev–Trinajstić information content (AvgIpc) is 2.90. The van der Waals surface area contributed by atoms with Crippen molar-refractivity contribution in [1.29, 1.82) is 0 Å². The van der Waals surface area contributed by atoms with E-state index >= 15 is 0 Å². The maximum atomic E-state index is 3.75. The van der Waals surface area contributed by atoms with Crippen molar-refractivity contribution in [3.63, 3.8) is 0 Å². The van der Waals surface area contributed by atoms with Crippen molar-refractivity contribution in [3.8, 4) is 0 Å². The van der Waals surface area contributed by atoms with Gasteiger partial charge in [0.1, 0.15) is 0 Å². The minimum atomic E-state index is 0.527. The lowest BCUT2D eigenvalue weighted by atomic mass is 9.69. The first-order valence-corrected chi connectivity index (χ1v) is 8.94. The summed E-state index contributed by atoms with van der Waals surface area (Å²) >= 11 is 0. The molecule has 2 heteroatoms. The fourth-order valence-electron chi connectivity index (χ4n) is 4.55. The van der Waals surface area contributed by atoms with E-state index in [1.807, 2.05) is 0 Å². The van der Waals surface area contributed by atoms with Gasteiger partial charge in [-0.05, 0) is 44.1 Å². The predicted octanol–water partition coefficient (Wildman–Crippen LogP) is 4.06. The maximum Gasteiger partial charge on any atom is 0.00924 e. The highest BCUT2D eigenvalue weighted by molar-refractivity contribution is 4.91. The molecule has 0 aromatic heterocycles. The molecule has 2 fully saturated rings. The average molecular weight is 280 g/mol. The molecule has 0 spiro atoms. The monoisotopic (exact) mass is 280 g/mol. The summed E-state index contributed by atoms with van der Waals surface area (Å²) < 4.78 is 0. The zero-order valence-corrected chi connectivity index (χ0v) is 14.3. The summed E-state index contributed by atoms with van der Waals surface area (Å²) in [5.41, 5.74) is 0.527. The summed E-state index contributed by atoms with van der Waals surface area (Å²) in [7, 11) is 2.38. The lowest BCUT2D eigenvalue weighted by Crippen LogP contribution is -2.48. The quantitative estimate of drug-likeness (QED) is 0.789. The molecule has 118 valence electrons. The molecule has 2 saturated carbocycles. The van der Waals surface area contributed by atoms with Gasteiger partial charge in [0.2, 0.25) is 0 Å². The Balaban J connectivity index is 1.97. The fourth-order valence-corrected chi connectivity index (χ4v) is 4.55. The van der Waals surface area contributed by atoms with E-state index in [1.165, 1.54) is 64.5 Å². The van der Waals surface area contributed by atoms with Crippen LogP contribution in [0.3, 0.4) is 0 Å². The Morgan fingerprint density at radius 1 is 1.15 bits per heavy atom. The standard InChI is InChI=1S/C18H36N2/c1-15(2)19-13-18(11-7-8-16(3)12-18)14-20(4)17-9-5-6-10-17/h15-17,19H,5-14H2,1-4H3. The summed E-state index contributed by atoms with van der Waals surface area (Å²) in [5.74, 6) is 0.912. The Kier molecular flexibility index (Phi) is 5.92. The molecule has 0 amide bonds. The highest BCUT2D eigenvalue weighted by Gasteiger charge is 2.37. The third-order valence-corrected chi connectivity index (χ3v) is 5.60. The first kappa shape index (κ1) is 16.3. The van der Waals surface area contributed by atoms with Crippen LogP contribution in [0, 0.1) is 11.3 Å². The molecule has 2 nitrogen and oxygen atoms in total. The first-order valence-electron chi connectivity index (χ1n) is 8.94. The molecule has 2 rings (SSSR count). The molecule has 0 aromatic carbocycles. The lowest BCUT2D eigenvalue weighted by molar-refractivity contribution is 0.0717. The Bertz CT molecular complexity index is 283. The van der Waals surface area contributed by atoms with E-state index in [2.05, 4.69) is 38.0 Å². The molecule has 0 bridgehead atoms. The number of hydrogen-bond donors (Lipinski definition) is 1. The van der Waals surface area contributed by atoms with Gasteiger partial charge >= 0.3 is 0 Å². The Hall–Kier alpha value is -0.0800. The Morgan fingerprint density at radius 3 is 2.45 bits per heavy atom. The first-order chi connectivity index (χ1) is 9.51. The highest BCUT2D eigenvalue weighted by atomic mass is 15.1. The summed E-state index contributed by atoms with van der Waals surface area (Å²) in [5, 5.41) is 3.75. The predicted molar refractivity (Wildman–Crippen MR) is 88.1 cm³/mol. The van der Waals surface area contributed by atoms with Crippen molar-refractivity contribution < 1.29 is 0 Å². The van der Waals surface area contributed by atoms with Crippen LogP contribution in [0.15, 0.2) is 0 Å². The normalized spacial score (nSPS) is 32.4. The minimum absolute atomic E-state index is 0.527. The molecular weight excluding hydrogens is 244 g/mol. The second kappa shape index (κ2) is 7.26. The van der Waals surface area contributed by atoms with Crippen LogP contribution >= 0.6 is 0 Å².